The molecule has 0 aromatic carbocycles. The standard InChI is InChI=1S/C19H25NO5/c1-11-7-16(14(4)20(11)12(2)9-23-6)18(21)10-24-19(22)17-8-13(3)25-15(17)5/h7-8,12H,9-10H2,1-6H3. The van der Waals surface area contributed by atoms with Crippen LogP contribution in [-0.4, -0.2) is 36.6 Å². The summed E-state index contributed by atoms with van der Waals surface area (Å²) in [6, 6.07) is 3.55. The fourth-order valence-corrected chi connectivity index (χ4v) is 3.17. The molecule has 6 nitrogen and oxygen atoms in total. The van der Waals surface area contributed by atoms with Crippen molar-refractivity contribution in [1.29, 1.82) is 0 Å². The average Bonchev–Trinajstić information content (AvgIpc) is 3.03. The minimum Gasteiger partial charge on any atom is -0.466 e. The minimum atomic E-state index is -0.552. The van der Waals surface area contributed by atoms with Crippen molar-refractivity contribution >= 4 is 11.8 Å². The first-order valence-electron chi connectivity index (χ1n) is 8.21. The van der Waals surface area contributed by atoms with Crippen LogP contribution in [0.1, 0.15) is 56.6 Å². The average molecular weight is 347 g/mol. The summed E-state index contributed by atoms with van der Waals surface area (Å²) in [5, 5.41) is 0. The third-order valence-corrected chi connectivity index (χ3v) is 4.23. The summed E-state index contributed by atoms with van der Waals surface area (Å²) in [4.78, 5) is 24.6. The van der Waals surface area contributed by atoms with E-state index in [2.05, 4.69) is 4.57 Å². The van der Waals surface area contributed by atoms with E-state index >= 15 is 0 Å². The van der Waals surface area contributed by atoms with Gasteiger partial charge in [0.2, 0.25) is 5.78 Å². The maximum Gasteiger partial charge on any atom is 0.342 e. The summed E-state index contributed by atoms with van der Waals surface area (Å²) in [7, 11) is 1.65. The van der Waals surface area contributed by atoms with Crippen molar-refractivity contribution < 1.29 is 23.5 Å². The predicted octanol–water partition coefficient (Wildman–Crippen LogP) is 3.56. The van der Waals surface area contributed by atoms with Crippen molar-refractivity contribution in [3.63, 3.8) is 0 Å². The molecule has 6 heteroatoms. The van der Waals surface area contributed by atoms with Gasteiger partial charge in [0.15, 0.2) is 6.61 Å². The molecule has 136 valence electrons. The molecule has 0 aliphatic carbocycles. The second-order valence-electron chi connectivity index (χ2n) is 6.29. The van der Waals surface area contributed by atoms with Crippen LogP contribution in [0.4, 0.5) is 0 Å². The van der Waals surface area contributed by atoms with E-state index in [4.69, 9.17) is 13.9 Å². The molecule has 0 spiro atoms. The van der Waals surface area contributed by atoms with Gasteiger partial charge in [-0.2, -0.15) is 0 Å². The van der Waals surface area contributed by atoms with Crippen molar-refractivity contribution in [3.8, 4) is 0 Å². The van der Waals surface area contributed by atoms with Crippen molar-refractivity contribution in [2.45, 2.75) is 40.7 Å². The highest BCUT2D eigenvalue weighted by atomic mass is 16.5. The third-order valence-electron chi connectivity index (χ3n) is 4.23. The van der Waals surface area contributed by atoms with E-state index in [0.717, 1.165) is 11.4 Å². The van der Waals surface area contributed by atoms with Crippen LogP contribution < -0.4 is 0 Å². The van der Waals surface area contributed by atoms with Crippen LogP contribution in [0.2, 0.25) is 0 Å². The van der Waals surface area contributed by atoms with Crippen LogP contribution in [0.25, 0.3) is 0 Å². The van der Waals surface area contributed by atoms with Gasteiger partial charge < -0.3 is 18.5 Å². The molecule has 0 aliphatic heterocycles. The van der Waals surface area contributed by atoms with Gasteiger partial charge in [0, 0.05) is 24.1 Å². The van der Waals surface area contributed by atoms with E-state index in [1.807, 2.05) is 26.8 Å². The van der Waals surface area contributed by atoms with Gasteiger partial charge >= 0.3 is 5.97 Å². The van der Waals surface area contributed by atoms with Crippen molar-refractivity contribution in [1.82, 2.24) is 4.57 Å². The second kappa shape index (κ2) is 7.70. The van der Waals surface area contributed by atoms with Crippen LogP contribution >= 0.6 is 0 Å². The predicted molar refractivity (Wildman–Crippen MR) is 93.3 cm³/mol. The van der Waals surface area contributed by atoms with Gasteiger partial charge in [-0.3, -0.25) is 4.79 Å². The Labute approximate surface area is 147 Å². The number of nitrogens with zero attached hydrogens (tertiary/aromatic N) is 1. The zero-order chi connectivity index (χ0) is 18.7. The molecule has 0 aliphatic rings. The van der Waals surface area contributed by atoms with Crippen molar-refractivity contribution in [2.24, 2.45) is 0 Å². The number of aromatic nitrogens is 1. The Bertz CT molecular complexity index is 784. The number of carbonyl (C=O) groups is 2. The molecule has 2 heterocycles. The fourth-order valence-electron chi connectivity index (χ4n) is 3.17. The van der Waals surface area contributed by atoms with E-state index in [1.165, 1.54) is 0 Å². The van der Waals surface area contributed by atoms with E-state index < -0.39 is 5.97 Å². The molecule has 2 aromatic rings. The van der Waals surface area contributed by atoms with E-state index in [-0.39, 0.29) is 18.4 Å². The SMILES string of the molecule is COCC(C)n1c(C)cc(C(=O)COC(=O)c2cc(C)oc2C)c1C. The third kappa shape index (κ3) is 4.02. The van der Waals surface area contributed by atoms with Crippen molar-refractivity contribution in [3.05, 3.63) is 46.2 Å². The van der Waals surface area contributed by atoms with Gasteiger partial charge in [0.1, 0.15) is 17.1 Å². The Morgan fingerprint density at radius 3 is 2.40 bits per heavy atom. The summed E-state index contributed by atoms with van der Waals surface area (Å²) in [6.45, 7) is 9.56. The molecule has 0 bridgehead atoms. The lowest BCUT2D eigenvalue weighted by Crippen LogP contribution is -2.17. The zero-order valence-electron chi connectivity index (χ0n) is 15.6. The number of methoxy groups -OCH3 is 1. The number of hydrogen-bond donors (Lipinski definition) is 0. The highest BCUT2D eigenvalue weighted by Crippen LogP contribution is 2.21. The summed E-state index contributed by atoms with van der Waals surface area (Å²) in [5.41, 5.74) is 2.73. The number of hydrogen-bond acceptors (Lipinski definition) is 5. The first-order chi connectivity index (χ1) is 11.8. The molecular formula is C19H25NO5. The Hall–Kier alpha value is -2.34. The number of aryl methyl sites for hydroxylation is 3. The lowest BCUT2D eigenvalue weighted by Gasteiger charge is -2.17. The second-order valence-corrected chi connectivity index (χ2v) is 6.29. The Morgan fingerprint density at radius 2 is 1.84 bits per heavy atom. The number of Topliss-reactive ketones (excluding diaryl/α,β-unsaturated/α-hetero) is 1. The molecule has 0 N–H and O–H groups in total. The van der Waals surface area contributed by atoms with E-state index in [9.17, 15) is 9.59 Å². The lowest BCUT2D eigenvalue weighted by molar-refractivity contribution is 0.0472. The molecule has 1 unspecified atom stereocenters. The summed E-state index contributed by atoms with van der Waals surface area (Å²) >= 11 is 0. The van der Waals surface area contributed by atoms with Gasteiger partial charge in [0.25, 0.3) is 0 Å². The zero-order valence-corrected chi connectivity index (χ0v) is 15.6. The topological polar surface area (TPSA) is 70.7 Å². The number of esters is 1. The highest BCUT2D eigenvalue weighted by Gasteiger charge is 2.21. The largest absolute Gasteiger partial charge is 0.466 e. The Balaban J connectivity index is 2.10. The van der Waals surface area contributed by atoms with Gasteiger partial charge in [-0.15, -0.1) is 0 Å². The number of ether oxygens (including phenoxy) is 2. The van der Waals surface area contributed by atoms with Crippen LogP contribution in [0, 0.1) is 27.7 Å². The monoisotopic (exact) mass is 347 g/mol. The number of furan rings is 1. The Morgan fingerprint density at radius 1 is 1.16 bits per heavy atom. The molecule has 1 atom stereocenters. The molecule has 2 aromatic heterocycles. The molecular weight excluding hydrogens is 322 g/mol. The minimum absolute atomic E-state index is 0.116. The molecule has 0 saturated carbocycles. The molecule has 0 fully saturated rings. The summed E-state index contributed by atoms with van der Waals surface area (Å²) < 4.78 is 17.7. The van der Waals surface area contributed by atoms with E-state index in [1.54, 1.807) is 27.0 Å². The lowest BCUT2D eigenvalue weighted by atomic mass is 10.1. The molecule has 0 radical (unpaired) electrons. The maximum absolute atomic E-state index is 12.5. The van der Waals surface area contributed by atoms with Crippen molar-refractivity contribution in [2.75, 3.05) is 20.3 Å². The number of rotatable bonds is 7. The van der Waals surface area contributed by atoms with Gasteiger partial charge in [-0.05, 0) is 46.8 Å². The summed E-state index contributed by atoms with van der Waals surface area (Å²) in [5.74, 6) is 0.340. The van der Waals surface area contributed by atoms with Crippen LogP contribution in [-0.2, 0) is 9.47 Å². The van der Waals surface area contributed by atoms with Crippen LogP contribution in [0.5, 0.6) is 0 Å². The first kappa shape index (κ1) is 19.0. The van der Waals surface area contributed by atoms with Gasteiger partial charge in [-0.1, -0.05) is 0 Å². The van der Waals surface area contributed by atoms with Gasteiger partial charge in [0.05, 0.1) is 12.6 Å². The maximum atomic E-state index is 12.5. The smallest absolute Gasteiger partial charge is 0.342 e. The van der Waals surface area contributed by atoms with E-state index in [0.29, 0.717) is 29.3 Å². The first-order valence-corrected chi connectivity index (χ1v) is 8.21. The fraction of sp³-hybridized carbons (Fsp3) is 0.474. The molecule has 2 rings (SSSR count). The molecule has 25 heavy (non-hydrogen) atoms. The summed E-state index contributed by atoms with van der Waals surface area (Å²) in [6.07, 6.45) is 0. The molecule has 0 saturated heterocycles. The number of carbonyl (C=O) groups excluding carboxylic acids is 2. The number of ketones is 1. The quantitative estimate of drug-likeness (QED) is 0.566. The molecule has 0 amide bonds. The van der Waals surface area contributed by atoms with Crippen LogP contribution in [0.15, 0.2) is 16.5 Å². The Kier molecular flexibility index (Phi) is 5.85. The van der Waals surface area contributed by atoms with Crippen LogP contribution in [0.3, 0.4) is 0 Å². The highest BCUT2D eigenvalue weighted by molar-refractivity contribution is 6.00. The normalized spacial score (nSPS) is 12.2. The van der Waals surface area contributed by atoms with Gasteiger partial charge in [-0.25, -0.2) is 4.79 Å².